The zero-order chi connectivity index (χ0) is 19.2. The predicted molar refractivity (Wildman–Crippen MR) is 115 cm³/mol. The highest BCUT2D eigenvalue weighted by molar-refractivity contribution is 8.13. The fourth-order valence-corrected chi connectivity index (χ4v) is 6.71. The molecule has 0 unspecified atom stereocenters. The Hall–Kier alpha value is -1.50. The monoisotopic (exact) mass is 420 g/mol. The van der Waals surface area contributed by atoms with Gasteiger partial charge in [-0.3, -0.25) is 4.99 Å². The average Bonchev–Trinajstić information content (AvgIpc) is 3.07. The molecule has 27 heavy (non-hydrogen) atoms. The molecule has 7 heteroatoms. The fourth-order valence-electron chi connectivity index (χ4n) is 3.59. The number of nitrogens with zero attached hydrogens (tertiary/aromatic N) is 2. The first-order valence-corrected chi connectivity index (χ1v) is 12.0. The summed E-state index contributed by atoms with van der Waals surface area (Å²) in [6.45, 7) is 4.16. The highest BCUT2D eigenvalue weighted by Gasteiger charge is 2.47. The lowest BCUT2D eigenvalue weighted by atomic mass is 10.1. The van der Waals surface area contributed by atoms with Crippen molar-refractivity contribution in [1.82, 2.24) is 0 Å². The summed E-state index contributed by atoms with van der Waals surface area (Å²) < 4.78 is 24.3. The van der Waals surface area contributed by atoms with E-state index in [1.807, 2.05) is 24.3 Å². The molecule has 2 aromatic carbocycles. The Morgan fingerprint density at radius 3 is 2.70 bits per heavy atom. The van der Waals surface area contributed by atoms with E-state index in [4.69, 9.17) is 16.6 Å². The van der Waals surface area contributed by atoms with Crippen molar-refractivity contribution in [2.45, 2.75) is 31.7 Å². The molecule has 2 atom stereocenters. The number of aliphatic imine (C=N–C) groups is 1. The van der Waals surface area contributed by atoms with E-state index in [-0.39, 0.29) is 23.6 Å². The number of benzene rings is 2. The van der Waals surface area contributed by atoms with Crippen LogP contribution in [0.25, 0.3) is 0 Å². The van der Waals surface area contributed by atoms with Crippen molar-refractivity contribution in [2.75, 3.05) is 16.4 Å². The highest BCUT2D eigenvalue weighted by atomic mass is 35.5. The average molecular weight is 421 g/mol. The minimum absolute atomic E-state index is 0.112. The van der Waals surface area contributed by atoms with Gasteiger partial charge in [-0.05, 0) is 54.8 Å². The molecule has 0 aromatic heterocycles. The molecule has 4 rings (SSSR count). The predicted octanol–water partition coefficient (Wildman–Crippen LogP) is 4.23. The summed E-state index contributed by atoms with van der Waals surface area (Å²) >= 11 is 7.73. The number of amidine groups is 1. The van der Waals surface area contributed by atoms with Gasteiger partial charge in [0.1, 0.15) is 0 Å². The van der Waals surface area contributed by atoms with Crippen LogP contribution in [0, 0.1) is 13.8 Å². The van der Waals surface area contributed by atoms with Crippen molar-refractivity contribution in [1.29, 1.82) is 0 Å². The van der Waals surface area contributed by atoms with Crippen LogP contribution in [0.1, 0.15) is 16.7 Å². The summed E-state index contributed by atoms with van der Waals surface area (Å²) in [6.07, 6.45) is 0. The van der Waals surface area contributed by atoms with Crippen LogP contribution < -0.4 is 4.90 Å². The summed E-state index contributed by atoms with van der Waals surface area (Å²) in [5.74, 6) is 1.04. The number of aryl methyl sites for hydroxylation is 2. The molecular formula is C20H21ClN2O2S2. The Morgan fingerprint density at radius 1 is 1.15 bits per heavy atom. The van der Waals surface area contributed by atoms with Crippen molar-refractivity contribution in [3.8, 4) is 0 Å². The highest BCUT2D eigenvalue weighted by Crippen LogP contribution is 2.36. The smallest absolute Gasteiger partial charge is 0.164 e. The zero-order valence-corrected chi connectivity index (χ0v) is 17.6. The van der Waals surface area contributed by atoms with Crippen LogP contribution in [0.3, 0.4) is 0 Å². The van der Waals surface area contributed by atoms with Gasteiger partial charge in [-0.1, -0.05) is 41.6 Å². The number of sulfone groups is 1. The second-order valence-electron chi connectivity index (χ2n) is 7.18. The van der Waals surface area contributed by atoms with Gasteiger partial charge in [0.15, 0.2) is 15.0 Å². The van der Waals surface area contributed by atoms with Gasteiger partial charge >= 0.3 is 0 Å². The molecule has 0 amide bonds. The van der Waals surface area contributed by atoms with Crippen LogP contribution in [0.5, 0.6) is 0 Å². The van der Waals surface area contributed by atoms with Crippen molar-refractivity contribution in [2.24, 2.45) is 4.99 Å². The molecule has 1 saturated heterocycles. The summed E-state index contributed by atoms with van der Waals surface area (Å²) in [7, 11) is -3.04. The Bertz CT molecular complexity index is 1020. The SMILES string of the molecule is Cc1ccc(N2C(SCc3cccc(Cl)c3)=N[C@@H]3CS(=O)(=O)C[C@@H]32)cc1C. The van der Waals surface area contributed by atoms with E-state index in [1.165, 1.54) is 11.1 Å². The van der Waals surface area contributed by atoms with E-state index in [9.17, 15) is 8.42 Å². The molecule has 0 bridgehead atoms. The molecule has 2 aliphatic rings. The van der Waals surface area contributed by atoms with Crippen LogP contribution in [-0.4, -0.2) is 37.2 Å². The van der Waals surface area contributed by atoms with Gasteiger partial charge in [0.2, 0.25) is 0 Å². The van der Waals surface area contributed by atoms with Crippen molar-refractivity contribution < 1.29 is 8.42 Å². The second-order valence-corrected chi connectivity index (χ2v) is 10.7. The Balaban J connectivity index is 1.64. The summed E-state index contributed by atoms with van der Waals surface area (Å²) in [4.78, 5) is 6.91. The molecule has 0 saturated carbocycles. The van der Waals surface area contributed by atoms with E-state index in [1.54, 1.807) is 11.8 Å². The van der Waals surface area contributed by atoms with Crippen LogP contribution in [0.2, 0.25) is 5.02 Å². The largest absolute Gasteiger partial charge is 0.315 e. The van der Waals surface area contributed by atoms with Crippen molar-refractivity contribution >= 4 is 44.1 Å². The van der Waals surface area contributed by atoms with Gasteiger partial charge in [0.25, 0.3) is 0 Å². The van der Waals surface area contributed by atoms with E-state index < -0.39 is 9.84 Å². The Kier molecular flexibility index (Phi) is 4.99. The third kappa shape index (κ3) is 3.89. The first kappa shape index (κ1) is 18.8. The molecule has 2 aliphatic heterocycles. The lowest BCUT2D eigenvalue weighted by Crippen LogP contribution is -2.39. The number of fused-ring (bicyclic) bond motifs is 1. The van der Waals surface area contributed by atoms with Gasteiger partial charge in [-0.2, -0.15) is 0 Å². The van der Waals surface area contributed by atoms with Gasteiger partial charge in [0.05, 0.1) is 23.6 Å². The number of anilines is 1. The second kappa shape index (κ2) is 7.15. The van der Waals surface area contributed by atoms with E-state index in [0.29, 0.717) is 0 Å². The maximum absolute atomic E-state index is 12.1. The minimum atomic E-state index is -3.04. The van der Waals surface area contributed by atoms with E-state index in [0.717, 1.165) is 27.2 Å². The lowest BCUT2D eigenvalue weighted by molar-refractivity contribution is 0.601. The van der Waals surface area contributed by atoms with Crippen LogP contribution in [-0.2, 0) is 15.6 Å². The molecule has 0 aliphatic carbocycles. The first-order chi connectivity index (χ1) is 12.8. The number of rotatable bonds is 3. The Labute approximate surface area is 169 Å². The topological polar surface area (TPSA) is 49.7 Å². The van der Waals surface area contributed by atoms with Gasteiger partial charge < -0.3 is 4.90 Å². The summed E-state index contributed by atoms with van der Waals surface area (Å²) in [5.41, 5.74) is 4.55. The first-order valence-electron chi connectivity index (χ1n) is 8.84. The fraction of sp³-hybridized carbons (Fsp3) is 0.350. The van der Waals surface area contributed by atoms with Crippen molar-refractivity contribution in [3.05, 3.63) is 64.2 Å². The summed E-state index contributed by atoms with van der Waals surface area (Å²) in [5, 5.41) is 1.61. The van der Waals surface area contributed by atoms with E-state index in [2.05, 4.69) is 36.9 Å². The van der Waals surface area contributed by atoms with Crippen molar-refractivity contribution in [3.63, 3.8) is 0 Å². The number of thioether (sulfide) groups is 1. The van der Waals surface area contributed by atoms with E-state index >= 15 is 0 Å². The van der Waals surface area contributed by atoms with Crippen LogP contribution >= 0.6 is 23.4 Å². The third-order valence-corrected chi connectivity index (χ3v) is 8.11. The maximum atomic E-state index is 12.1. The van der Waals surface area contributed by atoms with Gasteiger partial charge in [0, 0.05) is 16.5 Å². The summed E-state index contributed by atoms with van der Waals surface area (Å²) in [6, 6.07) is 13.8. The molecule has 2 heterocycles. The minimum Gasteiger partial charge on any atom is -0.315 e. The van der Waals surface area contributed by atoms with Gasteiger partial charge in [-0.25, -0.2) is 8.42 Å². The third-order valence-electron chi connectivity index (χ3n) is 5.13. The van der Waals surface area contributed by atoms with Gasteiger partial charge in [-0.15, -0.1) is 0 Å². The molecule has 1 fully saturated rings. The standard InChI is InChI=1S/C20H21ClN2O2S2/c1-13-6-7-17(8-14(13)2)23-19-12-27(24,25)11-18(19)22-20(23)26-10-15-4-3-5-16(21)9-15/h3-9,18-19H,10-12H2,1-2H3/t18-,19+/m1/s1. The molecular weight excluding hydrogens is 400 g/mol. The molecule has 0 N–H and O–H groups in total. The Morgan fingerprint density at radius 2 is 1.96 bits per heavy atom. The van der Waals surface area contributed by atoms with Crippen LogP contribution in [0.4, 0.5) is 5.69 Å². The molecule has 2 aromatic rings. The quantitative estimate of drug-likeness (QED) is 0.745. The number of hydrogen-bond acceptors (Lipinski definition) is 5. The number of hydrogen-bond donors (Lipinski definition) is 0. The molecule has 4 nitrogen and oxygen atoms in total. The molecule has 142 valence electrons. The lowest BCUT2D eigenvalue weighted by Gasteiger charge is -2.27. The zero-order valence-electron chi connectivity index (χ0n) is 15.2. The normalized spacial score (nSPS) is 23.4. The molecule has 0 spiro atoms. The maximum Gasteiger partial charge on any atom is 0.164 e. The number of halogens is 1. The van der Waals surface area contributed by atoms with Crippen LogP contribution in [0.15, 0.2) is 47.5 Å². The molecule has 0 radical (unpaired) electrons.